The molecule has 120 valence electrons. The molecule has 0 aromatic heterocycles. The number of carboxylic acids is 1. The highest BCUT2D eigenvalue weighted by atomic mass is 16.4. The van der Waals surface area contributed by atoms with Gasteiger partial charge in [-0.05, 0) is 12.0 Å². The Bertz CT molecular complexity index is 505. The molecule has 0 fully saturated rings. The van der Waals surface area contributed by atoms with Crippen molar-refractivity contribution in [2.75, 3.05) is 6.54 Å². The molecule has 7 heteroatoms. The second kappa shape index (κ2) is 9.51. The molecule has 0 heterocycles. The quantitative estimate of drug-likeness (QED) is 0.569. The van der Waals surface area contributed by atoms with Gasteiger partial charge in [-0.3, -0.25) is 20.2 Å². The number of rotatable bonds is 8. The summed E-state index contributed by atoms with van der Waals surface area (Å²) < 4.78 is 0. The fourth-order valence-electron chi connectivity index (χ4n) is 1.81. The normalized spacial score (nSPS) is 11.5. The Morgan fingerprint density at radius 3 is 2.45 bits per heavy atom. The Morgan fingerprint density at radius 1 is 1.18 bits per heavy atom. The lowest BCUT2D eigenvalue weighted by molar-refractivity contribution is -0.139. The molecule has 0 saturated heterocycles. The molecule has 7 nitrogen and oxygen atoms in total. The van der Waals surface area contributed by atoms with Crippen LogP contribution < -0.4 is 16.0 Å². The van der Waals surface area contributed by atoms with Crippen molar-refractivity contribution < 1.29 is 19.5 Å². The largest absolute Gasteiger partial charge is 0.480 e. The van der Waals surface area contributed by atoms with Gasteiger partial charge < -0.3 is 10.4 Å². The SMILES string of the molecule is CCCC(NCC(=O)NC(=O)NCc1ccccc1)C(=O)O. The van der Waals surface area contributed by atoms with Crippen LogP contribution in [0.25, 0.3) is 0 Å². The van der Waals surface area contributed by atoms with Crippen molar-refractivity contribution in [3.8, 4) is 0 Å². The number of nitrogens with one attached hydrogen (secondary N) is 3. The van der Waals surface area contributed by atoms with Crippen molar-refractivity contribution in [1.82, 2.24) is 16.0 Å². The minimum atomic E-state index is -1.01. The van der Waals surface area contributed by atoms with Gasteiger partial charge in [0.2, 0.25) is 5.91 Å². The van der Waals surface area contributed by atoms with Crippen LogP contribution in [0.5, 0.6) is 0 Å². The Kier molecular flexibility index (Phi) is 7.63. The van der Waals surface area contributed by atoms with E-state index in [-0.39, 0.29) is 6.54 Å². The zero-order valence-electron chi connectivity index (χ0n) is 12.5. The molecule has 0 saturated carbocycles. The summed E-state index contributed by atoms with van der Waals surface area (Å²) in [4.78, 5) is 34.0. The van der Waals surface area contributed by atoms with Crippen LogP contribution in [0.1, 0.15) is 25.3 Å². The van der Waals surface area contributed by atoms with Crippen molar-refractivity contribution >= 4 is 17.9 Å². The van der Waals surface area contributed by atoms with Crippen molar-refractivity contribution in [2.24, 2.45) is 0 Å². The van der Waals surface area contributed by atoms with Gasteiger partial charge in [-0.1, -0.05) is 43.7 Å². The number of aliphatic carboxylic acids is 1. The van der Waals surface area contributed by atoms with Gasteiger partial charge in [-0.25, -0.2) is 4.79 Å². The summed E-state index contributed by atoms with van der Waals surface area (Å²) in [6, 6.07) is 7.88. The van der Waals surface area contributed by atoms with Gasteiger partial charge in [0.15, 0.2) is 0 Å². The van der Waals surface area contributed by atoms with Crippen LogP contribution in [-0.4, -0.2) is 35.6 Å². The average molecular weight is 307 g/mol. The molecule has 22 heavy (non-hydrogen) atoms. The lowest BCUT2D eigenvalue weighted by Gasteiger charge is -2.13. The molecule has 0 aliphatic rings. The third-order valence-corrected chi connectivity index (χ3v) is 2.93. The average Bonchev–Trinajstić information content (AvgIpc) is 2.50. The topological polar surface area (TPSA) is 108 Å². The van der Waals surface area contributed by atoms with Gasteiger partial charge in [-0.2, -0.15) is 0 Å². The first-order valence-electron chi connectivity index (χ1n) is 7.10. The Labute approximate surface area is 129 Å². The predicted molar refractivity (Wildman–Crippen MR) is 81.2 cm³/mol. The Morgan fingerprint density at radius 2 is 1.86 bits per heavy atom. The highest BCUT2D eigenvalue weighted by Crippen LogP contribution is 1.97. The second-order valence-corrected chi connectivity index (χ2v) is 4.78. The summed E-state index contributed by atoms with van der Waals surface area (Å²) in [5, 5.41) is 16.2. The second-order valence-electron chi connectivity index (χ2n) is 4.78. The van der Waals surface area contributed by atoms with Crippen molar-refractivity contribution in [3.63, 3.8) is 0 Å². The van der Waals surface area contributed by atoms with E-state index in [1.54, 1.807) is 0 Å². The predicted octanol–water partition coefficient (Wildman–Crippen LogP) is 0.855. The van der Waals surface area contributed by atoms with E-state index in [1.165, 1.54) is 0 Å². The number of carboxylic acid groups (broad SMARTS) is 1. The molecule has 4 N–H and O–H groups in total. The van der Waals surface area contributed by atoms with Crippen LogP contribution in [0.15, 0.2) is 30.3 Å². The molecular weight excluding hydrogens is 286 g/mol. The number of amides is 3. The first kappa shape index (κ1) is 17.6. The first-order valence-corrected chi connectivity index (χ1v) is 7.10. The third kappa shape index (κ3) is 6.85. The van der Waals surface area contributed by atoms with Crippen LogP contribution in [0.2, 0.25) is 0 Å². The van der Waals surface area contributed by atoms with E-state index >= 15 is 0 Å². The lowest BCUT2D eigenvalue weighted by Crippen LogP contribution is -2.46. The van der Waals surface area contributed by atoms with Crippen LogP contribution in [0, 0.1) is 0 Å². The van der Waals surface area contributed by atoms with Gasteiger partial charge in [0, 0.05) is 6.54 Å². The summed E-state index contributed by atoms with van der Waals surface area (Å²) in [7, 11) is 0. The highest BCUT2D eigenvalue weighted by Gasteiger charge is 2.17. The highest BCUT2D eigenvalue weighted by molar-refractivity contribution is 5.95. The van der Waals surface area contributed by atoms with Crippen molar-refractivity contribution in [2.45, 2.75) is 32.4 Å². The number of carbonyl (C=O) groups is 3. The maximum atomic E-state index is 11.6. The van der Waals surface area contributed by atoms with E-state index < -0.39 is 23.9 Å². The summed E-state index contributed by atoms with van der Waals surface area (Å²) in [5.74, 6) is -1.59. The Hall–Kier alpha value is -2.41. The van der Waals surface area contributed by atoms with E-state index in [1.807, 2.05) is 37.3 Å². The minimum Gasteiger partial charge on any atom is -0.480 e. The number of benzene rings is 1. The molecule has 3 amide bonds. The van der Waals surface area contributed by atoms with Crippen LogP contribution in [0.3, 0.4) is 0 Å². The molecule has 0 aliphatic heterocycles. The number of carbonyl (C=O) groups excluding carboxylic acids is 2. The van der Waals surface area contributed by atoms with Gasteiger partial charge in [0.1, 0.15) is 6.04 Å². The molecule has 1 rings (SSSR count). The van der Waals surface area contributed by atoms with E-state index in [2.05, 4.69) is 16.0 Å². The molecular formula is C15H21N3O4. The maximum Gasteiger partial charge on any atom is 0.321 e. The number of imide groups is 1. The molecule has 1 atom stereocenters. The zero-order chi connectivity index (χ0) is 16.4. The number of hydrogen-bond donors (Lipinski definition) is 4. The van der Waals surface area contributed by atoms with Gasteiger partial charge in [0.05, 0.1) is 6.54 Å². The smallest absolute Gasteiger partial charge is 0.321 e. The van der Waals surface area contributed by atoms with Gasteiger partial charge in [-0.15, -0.1) is 0 Å². The third-order valence-electron chi connectivity index (χ3n) is 2.93. The fourth-order valence-corrected chi connectivity index (χ4v) is 1.81. The number of hydrogen-bond acceptors (Lipinski definition) is 4. The van der Waals surface area contributed by atoms with E-state index in [4.69, 9.17) is 5.11 Å². The van der Waals surface area contributed by atoms with Crippen LogP contribution in [-0.2, 0) is 16.1 Å². The summed E-state index contributed by atoms with van der Waals surface area (Å²) in [5.41, 5.74) is 0.914. The van der Waals surface area contributed by atoms with Crippen molar-refractivity contribution in [3.05, 3.63) is 35.9 Å². The van der Waals surface area contributed by atoms with Crippen LogP contribution >= 0.6 is 0 Å². The molecule has 0 spiro atoms. The molecule has 0 radical (unpaired) electrons. The van der Waals surface area contributed by atoms with Gasteiger partial charge in [0.25, 0.3) is 0 Å². The lowest BCUT2D eigenvalue weighted by atomic mass is 10.2. The summed E-state index contributed by atoms with van der Waals surface area (Å²) >= 11 is 0. The zero-order valence-corrected chi connectivity index (χ0v) is 12.5. The van der Waals surface area contributed by atoms with E-state index in [0.717, 1.165) is 5.56 Å². The standard InChI is InChI=1S/C15H21N3O4/c1-2-6-12(14(20)21)16-10-13(19)18-15(22)17-9-11-7-4-3-5-8-11/h3-5,7-8,12,16H,2,6,9-10H2,1H3,(H,20,21)(H2,17,18,19,22). The molecule has 0 aliphatic carbocycles. The number of urea groups is 1. The van der Waals surface area contributed by atoms with E-state index in [0.29, 0.717) is 19.4 Å². The minimum absolute atomic E-state index is 0.226. The van der Waals surface area contributed by atoms with E-state index in [9.17, 15) is 14.4 Å². The summed E-state index contributed by atoms with van der Waals surface area (Å²) in [6.45, 7) is 1.94. The molecule has 1 aromatic carbocycles. The monoisotopic (exact) mass is 307 g/mol. The molecule has 0 bridgehead atoms. The van der Waals surface area contributed by atoms with Gasteiger partial charge >= 0.3 is 12.0 Å². The Balaban J connectivity index is 2.29. The maximum absolute atomic E-state index is 11.6. The van der Waals surface area contributed by atoms with Crippen molar-refractivity contribution in [1.29, 1.82) is 0 Å². The molecule has 1 aromatic rings. The van der Waals surface area contributed by atoms with Crippen LogP contribution in [0.4, 0.5) is 4.79 Å². The first-order chi connectivity index (χ1) is 10.5. The molecule has 1 unspecified atom stereocenters. The fraction of sp³-hybridized carbons (Fsp3) is 0.400. The summed E-state index contributed by atoms with van der Waals surface area (Å²) in [6.07, 6.45) is 1.10.